The second-order valence-corrected chi connectivity index (χ2v) is 8.80. The number of carbonyl (C=O) groups excluding carboxylic acids is 1. The molecule has 2 aromatic heterocycles. The summed E-state index contributed by atoms with van der Waals surface area (Å²) in [5.41, 5.74) is 2.92. The standard InChI is InChI=1S/C23H26N2O3S/c1-3-16-7-9-17(10-8-16)19-13-29-22-21(19)23(27)25(14-24-22)12-20(26)28-18-6-4-5-15(2)11-18/h7-10,13-15,18H,3-6,11-12H2,1-2H3/t15-,18+/m1/s1. The Balaban J connectivity index is 1.58. The zero-order valence-corrected chi connectivity index (χ0v) is 17.7. The number of esters is 1. The van der Waals surface area contributed by atoms with Gasteiger partial charge in [0, 0.05) is 10.9 Å². The van der Waals surface area contributed by atoms with Gasteiger partial charge in [0.15, 0.2) is 0 Å². The van der Waals surface area contributed by atoms with Crippen molar-refractivity contribution in [3.8, 4) is 11.1 Å². The highest BCUT2D eigenvalue weighted by Gasteiger charge is 2.23. The molecule has 6 heteroatoms. The quantitative estimate of drug-likeness (QED) is 0.567. The average molecular weight is 411 g/mol. The third kappa shape index (κ3) is 4.27. The summed E-state index contributed by atoms with van der Waals surface area (Å²) in [6, 6.07) is 8.23. The molecule has 1 aromatic carbocycles. The van der Waals surface area contributed by atoms with E-state index in [0.29, 0.717) is 16.1 Å². The van der Waals surface area contributed by atoms with Crippen molar-refractivity contribution in [2.75, 3.05) is 0 Å². The van der Waals surface area contributed by atoms with Gasteiger partial charge in [-0.15, -0.1) is 11.3 Å². The fourth-order valence-corrected chi connectivity index (χ4v) is 4.97. The van der Waals surface area contributed by atoms with Gasteiger partial charge in [-0.2, -0.15) is 0 Å². The van der Waals surface area contributed by atoms with Crippen LogP contribution in [0.4, 0.5) is 0 Å². The van der Waals surface area contributed by atoms with Crippen molar-refractivity contribution >= 4 is 27.5 Å². The first-order chi connectivity index (χ1) is 14.0. The van der Waals surface area contributed by atoms with Crippen LogP contribution in [0.5, 0.6) is 0 Å². The number of aryl methyl sites for hydroxylation is 1. The van der Waals surface area contributed by atoms with Gasteiger partial charge in [-0.25, -0.2) is 4.98 Å². The Morgan fingerprint density at radius 1 is 1.28 bits per heavy atom. The lowest BCUT2D eigenvalue weighted by Gasteiger charge is -2.26. The summed E-state index contributed by atoms with van der Waals surface area (Å²) in [5, 5.41) is 2.53. The molecule has 3 aromatic rings. The van der Waals surface area contributed by atoms with E-state index < -0.39 is 0 Å². The van der Waals surface area contributed by atoms with Crippen molar-refractivity contribution in [2.24, 2.45) is 5.92 Å². The molecule has 0 bridgehead atoms. The summed E-state index contributed by atoms with van der Waals surface area (Å²) in [6.45, 7) is 4.20. The van der Waals surface area contributed by atoms with Crippen LogP contribution in [0.15, 0.2) is 40.8 Å². The minimum Gasteiger partial charge on any atom is -0.461 e. The zero-order chi connectivity index (χ0) is 20.4. The molecule has 2 atom stereocenters. The van der Waals surface area contributed by atoms with Crippen molar-refractivity contribution in [3.63, 3.8) is 0 Å². The smallest absolute Gasteiger partial charge is 0.326 e. The number of hydrogen-bond acceptors (Lipinski definition) is 5. The van der Waals surface area contributed by atoms with E-state index in [0.717, 1.165) is 36.8 Å². The molecule has 2 heterocycles. The number of hydrogen-bond donors (Lipinski definition) is 0. The minimum absolute atomic E-state index is 0.0348. The number of fused-ring (bicyclic) bond motifs is 1. The summed E-state index contributed by atoms with van der Waals surface area (Å²) >= 11 is 1.45. The number of nitrogens with zero attached hydrogens (tertiary/aromatic N) is 2. The van der Waals surface area contributed by atoms with Gasteiger partial charge < -0.3 is 4.74 Å². The molecule has 1 aliphatic carbocycles. The molecule has 4 rings (SSSR count). The second kappa shape index (κ2) is 8.49. The Kier molecular flexibility index (Phi) is 5.81. The van der Waals surface area contributed by atoms with E-state index in [-0.39, 0.29) is 24.2 Å². The van der Waals surface area contributed by atoms with E-state index in [9.17, 15) is 9.59 Å². The molecule has 0 amide bonds. The van der Waals surface area contributed by atoms with E-state index in [2.05, 4.69) is 31.0 Å². The fraction of sp³-hybridized carbons (Fsp3) is 0.435. The highest BCUT2D eigenvalue weighted by Crippen LogP contribution is 2.31. The third-order valence-corrected chi connectivity index (χ3v) is 6.61. The van der Waals surface area contributed by atoms with Gasteiger partial charge in [-0.3, -0.25) is 14.2 Å². The van der Waals surface area contributed by atoms with E-state index >= 15 is 0 Å². The Bertz CT molecular complexity index is 1070. The molecule has 1 fully saturated rings. The first kappa shape index (κ1) is 19.8. The molecule has 0 radical (unpaired) electrons. The Morgan fingerprint density at radius 3 is 2.79 bits per heavy atom. The molecule has 0 saturated heterocycles. The number of carbonyl (C=O) groups is 1. The number of rotatable bonds is 5. The summed E-state index contributed by atoms with van der Waals surface area (Å²) < 4.78 is 7.00. The lowest BCUT2D eigenvalue weighted by Crippen LogP contribution is -2.30. The molecule has 0 unspecified atom stereocenters. The molecule has 1 aliphatic rings. The molecule has 0 aliphatic heterocycles. The van der Waals surface area contributed by atoms with Crippen molar-refractivity contribution < 1.29 is 9.53 Å². The van der Waals surface area contributed by atoms with Gasteiger partial charge in [0.2, 0.25) is 0 Å². The summed E-state index contributed by atoms with van der Waals surface area (Å²) in [4.78, 5) is 30.6. The first-order valence-electron chi connectivity index (χ1n) is 10.3. The normalized spacial score (nSPS) is 19.4. The maximum atomic E-state index is 13.1. The van der Waals surface area contributed by atoms with Crippen molar-refractivity contribution in [1.82, 2.24) is 9.55 Å². The highest BCUT2D eigenvalue weighted by molar-refractivity contribution is 7.17. The maximum Gasteiger partial charge on any atom is 0.326 e. The van der Waals surface area contributed by atoms with Crippen molar-refractivity contribution in [2.45, 2.75) is 58.6 Å². The topological polar surface area (TPSA) is 61.2 Å². The van der Waals surface area contributed by atoms with Crippen LogP contribution in [-0.4, -0.2) is 21.6 Å². The molecule has 29 heavy (non-hydrogen) atoms. The molecule has 152 valence electrons. The number of aromatic nitrogens is 2. The fourth-order valence-electron chi connectivity index (χ4n) is 4.06. The number of benzene rings is 1. The van der Waals surface area contributed by atoms with Gasteiger partial charge in [-0.1, -0.05) is 44.5 Å². The van der Waals surface area contributed by atoms with Crippen LogP contribution in [0, 0.1) is 5.92 Å². The molecule has 0 spiro atoms. The SMILES string of the molecule is CCc1ccc(-c2csc3ncn(CC(=O)O[C@H]4CCC[C@@H](C)C4)c(=O)c23)cc1. The molecule has 0 N–H and O–H groups in total. The van der Waals surface area contributed by atoms with Gasteiger partial charge in [-0.05, 0) is 42.7 Å². The molecular weight excluding hydrogens is 384 g/mol. The van der Waals surface area contributed by atoms with E-state index in [1.807, 2.05) is 17.5 Å². The zero-order valence-electron chi connectivity index (χ0n) is 16.9. The van der Waals surface area contributed by atoms with Crippen LogP contribution in [0.1, 0.15) is 45.1 Å². The van der Waals surface area contributed by atoms with Gasteiger partial charge in [0.1, 0.15) is 17.5 Å². The summed E-state index contributed by atoms with van der Waals surface area (Å²) in [5.74, 6) is 0.214. The average Bonchev–Trinajstić information content (AvgIpc) is 3.15. The third-order valence-electron chi connectivity index (χ3n) is 5.72. The van der Waals surface area contributed by atoms with Crippen LogP contribution in [0.3, 0.4) is 0 Å². The van der Waals surface area contributed by atoms with E-state index in [1.165, 1.54) is 34.2 Å². The van der Waals surface area contributed by atoms with Crippen LogP contribution >= 0.6 is 11.3 Å². The van der Waals surface area contributed by atoms with Crippen LogP contribution in [0.25, 0.3) is 21.3 Å². The maximum absolute atomic E-state index is 13.1. The Morgan fingerprint density at radius 2 is 2.07 bits per heavy atom. The van der Waals surface area contributed by atoms with Gasteiger partial charge in [0.05, 0.1) is 11.7 Å². The largest absolute Gasteiger partial charge is 0.461 e. The summed E-state index contributed by atoms with van der Waals surface area (Å²) in [7, 11) is 0. The number of thiophene rings is 1. The lowest BCUT2D eigenvalue weighted by molar-refractivity contribution is -0.152. The number of ether oxygens (including phenoxy) is 1. The summed E-state index contributed by atoms with van der Waals surface area (Å²) in [6.07, 6.45) is 6.48. The predicted octanol–water partition coefficient (Wildman–Crippen LogP) is 4.81. The van der Waals surface area contributed by atoms with Crippen molar-refractivity contribution in [3.05, 3.63) is 51.9 Å². The van der Waals surface area contributed by atoms with Crippen LogP contribution in [0.2, 0.25) is 0 Å². The van der Waals surface area contributed by atoms with Crippen molar-refractivity contribution in [1.29, 1.82) is 0 Å². The predicted molar refractivity (Wildman–Crippen MR) is 116 cm³/mol. The Labute approximate surface area is 174 Å². The Hall–Kier alpha value is -2.47. The van der Waals surface area contributed by atoms with Crippen LogP contribution in [-0.2, 0) is 22.5 Å². The second-order valence-electron chi connectivity index (χ2n) is 7.94. The minimum atomic E-state index is -0.364. The van der Waals surface area contributed by atoms with Gasteiger partial charge >= 0.3 is 5.97 Å². The first-order valence-corrected chi connectivity index (χ1v) is 11.2. The van der Waals surface area contributed by atoms with Crippen LogP contribution < -0.4 is 5.56 Å². The lowest BCUT2D eigenvalue weighted by atomic mass is 9.89. The van der Waals surface area contributed by atoms with E-state index in [4.69, 9.17) is 4.74 Å². The molecule has 5 nitrogen and oxygen atoms in total. The molecule has 1 saturated carbocycles. The molecular formula is C23H26N2O3S. The monoisotopic (exact) mass is 410 g/mol. The van der Waals surface area contributed by atoms with Gasteiger partial charge in [0.25, 0.3) is 5.56 Å². The van der Waals surface area contributed by atoms with E-state index in [1.54, 1.807) is 0 Å². The highest BCUT2D eigenvalue weighted by atomic mass is 32.1.